The maximum absolute atomic E-state index is 13.8. The highest BCUT2D eigenvalue weighted by atomic mass is 35.5. The van der Waals surface area contributed by atoms with Gasteiger partial charge in [-0.25, -0.2) is 8.42 Å². The van der Waals surface area contributed by atoms with Crippen LogP contribution >= 0.6 is 11.6 Å². The average Bonchev–Trinajstić information content (AvgIpc) is 3.38. The lowest BCUT2D eigenvalue weighted by atomic mass is 9.77. The van der Waals surface area contributed by atoms with Gasteiger partial charge in [-0.1, -0.05) is 36.6 Å². The van der Waals surface area contributed by atoms with Crippen LogP contribution in [0.1, 0.15) is 55.7 Å². The Bertz CT molecular complexity index is 994. The minimum absolute atomic E-state index is 0.0522. The van der Waals surface area contributed by atoms with Crippen LogP contribution in [0.3, 0.4) is 0 Å². The van der Waals surface area contributed by atoms with Crippen molar-refractivity contribution in [3.05, 3.63) is 46.7 Å². The largest absolute Gasteiger partial charge is 0.341 e. The van der Waals surface area contributed by atoms with Crippen LogP contribution in [0, 0.1) is 0 Å². The Labute approximate surface area is 176 Å². The number of benzene rings is 1. The first-order valence-corrected chi connectivity index (χ1v) is 12.4. The van der Waals surface area contributed by atoms with E-state index in [2.05, 4.69) is 10.2 Å². The molecule has 0 bridgehead atoms. The van der Waals surface area contributed by atoms with E-state index in [1.165, 1.54) is 12.5 Å². The second kappa shape index (κ2) is 7.76. The topological polar surface area (TPSA) is 83.1 Å². The molecular formula is C21H26ClN3O3S. The van der Waals surface area contributed by atoms with Gasteiger partial charge in [0.15, 0.2) is 9.84 Å². The van der Waals surface area contributed by atoms with Crippen LogP contribution in [0.25, 0.3) is 0 Å². The molecule has 0 radical (unpaired) electrons. The molecule has 1 N–H and O–H groups in total. The third-order valence-electron chi connectivity index (χ3n) is 6.41. The zero-order chi connectivity index (χ0) is 20.6. The number of amides is 1. The van der Waals surface area contributed by atoms with Gasteiger partial charge < -0.3 is 4.90 Å². The molecule has 1 atom stereocenters. The lowest BCUT2D eigenvalue weighted by Crippen LogP contribution is -2.49. The summed E-state index contributed by atoms with van der Waals surface area (Å²) in [5, 5.41) is 7.50. The van der Waals surface area contributed by atoms with Crippen molar-refractivity contribution in [3.8, 4) is 0 Å². The number of aromatic nitrogens is 2. The Morgan fingerprint density at radius 3 is 2.55 bits per heavy atom. The van der Waals surface area contributed by atoms with Crippen molar-refractivity contribution < 1.29 is 13.2 Å². The SMILES string of the molecule is CS(=O)(=O)c1cn[nH]c1[C@H]1CCCN(C(=O)C2(c3ccc(Cl)cc3)CCCC2)C1. The summed E-state index contributed by atoms with van der Waals surface area (Å²) >= 11 is 6.07. The van der Waals surface area contributed by atoms with E-state index in [9.17, 15) is 13.2 Å². The van der Waals surface area contributed by atoms with Crippen LogP contribution in [-0.4, -0.2) is 48.8 Å². The second-order valence-electron chi connectivity index (χ2n) is 8.31. The number of H-pyrrole nitrogens is 1. The van der Waals surface area contributed by atoms with Gasteiger partial charge in [0.1, 0.15) is 4.90 Å². The number of rotatable bonds is 4. The number of carbonyl (C=O) groups is 1. The molecule has 2 aromatic rings. The van der Waals surface area contributed by atoms with Gasteiger partial charge in [0.2, 0.25) is 5.91 Å². The summed E-state index contributed by atoms with van der Waals surface area (Å²) in [5.74, 6) is 0.103. The Balaban J connectivity index is 1.61. The van der Waals surface area contributed by atoms with Crippen molar-refractivity contribution in [2.45, 2.75) is 54.8 Å². The summed E-state index contributed by atoms with van der Waals surface area (Å²) in [6.07, 6.45) is 7.99. The number of aromatic amines is 1. The smallest absolute Gasteiger partial charge is 0.233 e. The quantitative estimate of drug-likeness (QED) is 0.793. The third kappa shape index (κ3) is 3.82. The molecule has 4 rings (SSSR count). The maximum atomic E-state index is 13.8. The molecule has 1 amide bonds. The first kappa shape index (κ1) is 20.4. The van der Waals surface area contributed by atoms with Crippen LogP contribution in [0.5, 0.6) is 0 Å². The van der Waals surface area contributed by atoms with Gasteiger partial charge in [0, 0.05) is 30.3 Å². The fraction of sp³-hybridized carbons (Fsp3) is 0.524. The average molecular weight is 436 g/mol. The molecule has 1 saturated carbocycles. The van der Waals surface area contributed by atoms with Crippen molar-refractivity contribution in [1.29, 1.82) is 0 Å². The summed E-state index contributed by atoms with van der Waals surface area (Å²) in [6, 6.07) is 7.66. The lowest BCUT2D eigenvalue weighted by Gasteiger charge is -2.39. The zero-order valence-corrected chi connectivity index (χ0v) is 18.1. The fourth-order valence-corrected chi connectivity index (χ4v) is 5.93. The highest BCUT2D eigenvalue weighted by Gasteiger charge is 2.46. The standard InChI is InChI=1S/C21H26ClN3O3S/c1-29(27,28)18-13-23-24-19(18)15-5-4-12-25(14-15)20(26)21(10-2-3-11-21)16-6-8-17(22)9-7-16/h6-9,13,15H,2-5,10-12,14H2,1H3,(H,23,24)/t15-/m0/s1. The molecule has 0 unspecified atom stereocenters. The van der Waals surface area contributed by atoms with E-state index in [1.54, 1.807) is 0 Å². The van der Waals surface area contributed by atoms with E-state index in [4.69, 9.17) is 11.6 Å². The van der Waals surface area contributed by atoms with Crippen molar-refractivity contribution in [2.75, 3.05) is 19.3 Å². The van der Waals surface area contributed by atoms with Gasteiger partial charge in [-0.2, -0.15) is 5.10 Å². The van der Waals surface area contributed by atoms with Crippen LogP contribution in [0.2, 0.25) is 5.02 Å². The van der Waals surface area contributed by atoms with E-state index >= 15 is 0 Å². The molecule has 1 aliphatic heterocycles. The van der Waals surface area contributed by atoms with Crippen molar-refractivity contribution in [2.24, 2.45) is 0 Å². The van der Waals surface area contributed by atoms with E-state index < -0.39 is 15.3 Å². The molecule has 1 aromatic heterocycles. The minimum Gasteiger partial charge on any atom is -0.341 e. The van der Waals surface area contributed by atoms with Crippen LogP contribution in [0.4, 0.5) is 0 Å². The highest BCUT2D eigenvalue weighted by Crippen LogP contribution is 2.44. The van der Waals surface area contributed by atoms with E-state index in [1.807, 2.05) is 29.2 Å². The summed E-state index contributed by atoms with van der Waals surface area (Å²) in [7, 11) is -3.36. The fourth-order valence-electron chi connectivity index (χ4n) is 4.95. The Morgan fingerprint density at radius 1 is 1.21 bits per heavy atom. The Hall–Kier alpha value is -1.86. The van der Waals surface area contributed by atoms with Gasteiger partial charge in [-0.05, 0) is 43.4 Å². The third-order valence-corrected chi connectivity index (χ3v) is 7.79. The number of nitrogens with zero attached hydrogens (tertiary/aromatic N) is 2. The number of piperidine rings is 1. The van der Waals surface area contributed by atoms with E-state index in [-0.39, 0.29) is 16.7 Å². The number of hydrogen-bond acceptors (Lipinski definition) is 4. The molecule has 2 aliphatic rings. The molecule has 8 heteroatoms. The van der Waals surface area contributed by atoms with E-state index in [0.717, 1.165) is 44.1 Å². The number of nitrogens with one attached hydrogen (secondary N) is 1. The molecule has 156 valence electrons. The van der Waals surface area contributed by atoms with Crippen molar-refractivity contribution >= 4 is 27.3 Å². The molecule has 2 fully saturated rings. The number of sulfone groups is 1. The van der Waals surface area contributed by atoms with Crippen molar-refractivity contribution in [1.82, 2.24) is 15.1 Å². The molecule has 6 nitrogen and oxygen atoms in total. The summed E-state index contributed by atoms with van der Waals surface area (Å²) in [4.78, 5) is 15.9. The highest BCUT2D eigenvalue weighted by molar-refractivity contribution is 7.90. The van der Waals surface area contributed by atoms with Gasteiger partial charge >= 0.3 is 0 Å². The monoisotopic (exact) mass is 435 g/mol. The first-order valence-electron chi connectivity index (χ1n) is 10.1. The predicted octanol–water partition coefficient (Wildman–Crippen LogP) is 3.68. The van der Waals surface area contributed by atoms with Crippen LogP contribution in [-0.2, 0) is 20.0 Å². The Kier molecular flexibility index (Phi) is 5.46. The normalized spacial score (nSPS) is 22.0. The van der Waals surface area contributed by atoms with E-state index in [0.29, 0.717) is 23.8 Å². The maximum Gasteiger partial charge on any atom is 0.233 e. The van der Waals surface area contributed by atoms with Gasteiger partial charge in [-0.15, -0.1) is 0 Å². The molecule has 1 aliphatic carbocycles. The second-order valence-corrected chi connectivity index (χ2v) is 10.7. The van der Waals surface area contributed by atoms with Crippen LogP contribution < -0.4 is 0 Å². The van der Waals surface area contributed by atoms with Crippen LogP contribution in [0.15, 0.2) is 35.4 Å². The van der Waals surface area contributed by atoms with Gasteiger partial charge in [0.05, 0.1) is 17.3 Å². The summed E-state index contributed by atoms with van der Waals surface area (Å²) in [5.41, 5.74) is 1.15. The molecular weight excluding hydrogens is 410 g/mol. The number of likely N-dealkylation sites (tertiary alicyclic amines) is 1. The number of halogens is 1. The number of carbonyl (C=O) groups excluding carboxylic acids is 1. The molecule has 1 saturated heterocycles. The number of hydrogen-bond donors (Lipinski definition) is 1. The lowest BCUT2D eigenvalue weighted by molar-refractivity contribution is -0.138. The zero-order valence-electron chi connectivity index (χ0n) is 16.5. The molecule has 29 heavy (non-hydrogen) atoms. The minimum atomic E-state index is -3.36. The molecule has 2 heterocycles. The van der Waals surface area contributed by atoms with Crippen molar-refractivity contribution in [3.63, 3.8) is 0 Å². The summed E-state index contributed by atoms with van der Waals surface area (Å²) < 4.78 is 24.2. The molecule has 0 spiro atoms. The predicted molar refractivity (Wildman–Crippen MR) is 112 cm³/mol. The molecule has 1 aromatic carbocycles. The van der Waals surface area contributed by atoms with Gasteiger partial charge in [-0.3, -0.25) is 9.89 Å². The van der Waals surface area contributed by atoms with Gasteiger partial charge in [0.25, 0.3) is 0 Å². The summed E-state index contributed by atoms with van der Waals surface area (Å²) in [6.45, 7) is 1.21. The Morgan fingerprint density at radius 2 is 1.90 bits per heavy atom. The first-order chi connectivity index (χ1) is 13.8.